The fraction of sp³-hybridized carbons (Fsp3) is 0.0909. The fourth-order valence-electron chi connectivity index (χ4n) is 1.41. The van der Waals surface area contributed by atoms with E-state index < -0.39 is 5.97 Å². The summed E-state index contributed by atoms with van der Waals surface area (Å²) >= 11 is 5.88. The molecule has 0 aliphatic rings. The van der Waals surface area contributed by atoms with Gasteiger partial charge in [-0.2, -0.15) is 5.10 Å². The molecule has 17 heavy (non-hydrogen) atoms. The van der Waals surface area contributed by atoms with Crippen LogP contribution in [0.4, 0.5) is 0 Å². The highest BCUT2D eigenvalue weighted by atomic mass is 35.5. The van der Waals surface area contributed by atoms with Gasteiger partial charge in [-0.15, -0.1) is 0 Å². The van der Waals surface area contributed by atoms with E-state index in [0.717, 1.165) is 0 Å². The van der Waals surface area contributed by atoms with Gasteiger partial charge in [-0.05, 0) is 18.2 Å². The summed E-state index contributed by atoms with van der Waals surface area (Å²) in [7, 11) is 1.52. The van der Waals surface area contributed by atoms with Crippen LogP contribution < -0.4 is 4.74 Å². The molecule has 6 heteroatoms. The first kappa shape index (κ1) is 11.5. The lowest BCUT2D eigenvalue weighted by molar-refractivity contribution is 0.0697. The SMILES string of the molecule is COc1ccc(Cl)cc1-n1cc(C(=O)O)cn1. The lowest BCUT2D eigenvalue weighted by Crippen LogP contribution is -1.99. The van der Waals surface area contributed by atoms with Gasteiger partial charge in [0.1, 0.15) is 11.4 Å². The highest BCUT2D eigenvalue weighted by molar-refractivity contribution is 6.30. The third-order valence-electron chi connectivity index (χ3n) is 2.22. The third-order valence-corrected chi connectivity index (χ3v) is 2.45. The van der Waals surface area contributed by atoms with Crippen molar-refractivity contribution in [2.75, 3.05) is 7.11 Å². The quantitative estimate of drug-likeness (QED) is 0.910. The van der Waals surface area contributed by atoms with E-state index in [1.807, 2.05) is 0 Å². The van der Waals surface area contributed by atoms with Gasteiger partial charge in [0.15, 0.2) is 0 Å². The van der Waals surface area contributed by atoms with Gasteiger partial charge in [-0.25, -0.2) is 9.48 Å². The summed E-state index contributed by atoms with van der Waals surface area (Å²) in [6.07, 6.45) is 2.67. The Morgan fingerprint density at radius 2 is 2.29 bits per heavy atom. The second-order valence-corrected chi connectivity index (χ2v) is 3.73. The zero-order valence-corrected chi connectivity index (χ0v) is 9.68. The Balaban J connectivity index is 2.51. The number of aromatic nitrogens is 2. The van der Waals surface area contributed by atoms with Gasteiger partial charge in [0.25, 0.3) is 0 Å². The Hall–Kier alpha value is -2.01. The van der Waals surface area contributed by atoms with Crippen molar-refractivity contribution in [2.24, 2.45) is 0 Å². The number of carbonyl (C=O) groups is 1. The Morgan fingerprint density at radius 1 is 1.53 bits per heavy atom. The van der Waals surface area contributed by atoms with Gasteiger partial charge in [-0.3, -0.25) is 0 Å². The van der Waals surface area contributed by atoms with Crippen LogP contribution in [0.5, 0.6) is 5.75 Å². The fourth-order valence-corrected chi connectivity index (χ4v) is 1.57. The van der Waals surface area contributed by atoms with Crippen molar-refractivity contribution >= 4 is 17.6 Å². The molecule has 0 aliphatic heterocycles. The van der Waals surface area contributed by atoms with Crippen LogP contribution >= 0.6 is 11.6 Å². The Morgan fingerprint density at radius 3 is 2.88 bits per heavy atom. The number of hydrogen-bond donors (Lipinski definition) is 1. The zero-order chi connectivity index (χ0) is 12.4. The topological polar surface area (TPSA) is 64.3 Å². The second-order valence-electron chi connectivity index (χ2n) is 3.29. The van der Waals surface area contributed by atoms with Gasteiger partial charge in [-0.1, -0.05) is 11.6 Å². The van der Waals surface area contributed by atoms with Crippen LogP contribution in [-0.4, -0.2) is 28.0 Å². The summed E-state index contributed by atoms with van der Waals surface area (Å²) in [4.78, 5) is 10.8. The molecule has 2 rings (SSSR count). The minimum atomic E-state index is -1.03. The normalized spacial score (nSPS) is 10.2. The highest BCUT2D eigenvalue weighted by Gasteiger charge is 2.11. The maximum atomic E-state index is 10.8. The zero-order valence-electron chi connectivity index (χ0n) is 8.92. The summed E-state index contributed by atoms with van der Waals surface area (Å²) in [5.74, 6) is -0.466. The number of rotatable bonds is 3. The number of carboxylic acids is 1. The predicted octanol–water partition coefficient (Wildman–Crippen LogP) is 2.23. The minimum absolute atomic E-state index is 0.104. The van der Waals surface area contributed by atoms with Crippen molar-refractivity contribution in [3.05, 3.63) is 41.2 Å². The molecule has 0 spiro atoms. The molecular formula is C11H9ClN2O3. The van der Waals surface area contributed by atoms with Gasteiger partial charge in [0.2, 0.25) is 0 Å². The van der Waals surface area contributed by atoms with Crippen molar-refractivity contribution in [3.63, 3.8) is 0 Å². The molecule has 0 bridgehead atoms. The molecule has 0 unspecified atom stereocenters. The van der Waals surface area contributed by atoms with Crippen LogP contribution in [0, 0.1) is 0 Å². The first-order chi connectivity index (χ1) is 8.11. The van der Waals surface area contributed by atoms with Crippen LogP contribution in [0.2, 0.25) is 5.02 Å². The second kappa shape index (κ2) is 4.47. The molecule has 2 aromatic rings. The van der Waals surface area contributed by atoms with Crippen LogP contribution in [0.1, 0.15) is 10.4 Å². The van der Waals surface area contributed by atoms with Crippen molar-refractivity contribution in [1.82, 2.24) is 9.78 Å². The summed E-state index contributed by atoms with van der Waals surface area (Å²) in [6.45, 7) is 0. The molecule has 1 aromatic heterocycles. The van der Waals surface area contributed by atoms with Crippen LogP contribution in [0.15, 0.2) is 30.6 Å². The van der Waals surface area contributed by atoms with Gasteiger partial charge < -0.3 is 9.84 Å². The number of methoxy groups -OCH3 is 1. The van der Waals surface area contributed by atoms with Crippen molar-refractivity contribution in [2.45, 2.75) is 0 Å². The number of halogens is 1. The molecule has 0 amide bonds. The van der Waals surface area contributed by atoms with E-state index in [9.17, 15) is 4.79 Å². The number of nitrogens with zero attached hydrogens (tertiary/aromatic N) is 2. The first-order valence-corrected chi connectivity index (χ1v) is 5.11. The van der Waals surface area contributed by atoms with E-state index in [1.165, 1.54) is 24.2 Å². The largest absolute Gasteiger partial charge is 0.494 e. The van der Waals surface area contributed by atoms with Gasteiger partial charge >= 0.3 is 5.97 Å². The van der Waals surface area contributed by atoms with Gasteiger partial charge in [0.05, 0.1) is 18.9 Å². The Kier molecular flexibility index (Phi) is 3.01. The molecule has 0 saturated heterocycles. The Bertz CT molecular complexity index is 566. The number of ether oxygens (including phenoxy) is 1. The predicted molar refractivity (Wildman–Crippen MR) is 62.1 cm³/mol. The molecule has 0 atom stereocenters. The molecule has 0 radical (unpaired) electrons. The van der Waals surface area contributed by atoms with E-state index in [0.29, 0.717) is 16.5 Å². The first-order valence-electron chi connectivity index (χ1n) is 4.73. The summed E-state index contributed by atoms with van der Waals surface area (Å²) in [6, 6.07) is 5.03. The maximum absolute atomic E-state index is 10.8. The van der Waals surface area contributed by atoms with Crippen LogP contribution in [0.25, 0.3) is 5.69 Å². The lowest BCUT2D eigenvalue weighted by atomic mass is 10.3. The molecule has 88 valence electrons. The average molecular weight is 253 g/mol. The van der Waals surface area contributed by atoms with E-state index in [1.54, 1.807) is 18.2 Å². The van der Waals surface area contributed by atoms with Crippen molar-refractivity contribution in [3.8, 4) is 11.4 Å². The van der Waals surface area contributed by atoms with Crippen LogP contribution in [-0.2, 0) is 0 Å². The molecule has 0 saturated carbocycles. The van der Waals surface area contributed by atoms with E-state index in [-0.39, 0.29) is 5.56 Å². The van der Waals surface area contributed by atoms with E-state index in [2.05, 4.69) is 5.10 Å². The molecule has 1 N–H and O–H groups in total. The molecule has 5 nitrogen and oxygen atoms in total. The van der Waals surface area contributed by atoms with E-state index >= 15 is 0 Å². The number of benzene rings is 1. The number of aromatic carboxylic acids is 1. The Labute approximate surface area is 102 Å². The summed E-state index contributed by atoms with van der Waals surface area (Å²) < 4.78 is 6.57. The van der Waals surface area contributed by atoms with Crippen LogP contribution in [0.3, 0.4) is 0 Å². The molecule has 1 heterocycles. The summed E-state index contributed by atoms with van der Waals surface area (Å²) in [5.41, 5.74) is 0.694. The monoisotopic (exact) mass is 252 g/mol. The number of hydrogen-bond acceptors (Lipinski definition) is 3. The smallest absolute Gasteiger partial charge is 0.338 e. The summed E-state index contributed by atoms with van der Waals surface area (Å²) in [5, 5.41) is 13.3. The highest BCUT2D eigenvalue weighted by Crippen LogP contribution is 2.25. The van der Waals surface area contributed by atoms with Gasteiger partial charge in [0, 0.05) is 11.2 Å². The van der Waals surface area contributed by atoms with Crippen molar-refractivity contribution < 1.29 is 14.6 Å². The molecule has 1 aromatic carbocycles. The minimum Gasteiger partial charge on any atom is -0.494 e. The molecule has 0 aliphatic carbocycles. The van der Waals surface area contributed by atoms with E-state index in [4.69, 9.17) is 21.4 Å². The lowest BCUT2D eigenvalue weighted by Gasteiger charge is -2.08. The molecule has 0 fully saturated rings. The standard InChI is InChI=1S/C11H9ClN2O3/c1-17-10-3-2-8(12)4-9(10)14-6-7(5-13-14)11(15)16/h2-6H,1H3,(H,15,16). The third kappa shape index (κ3) is 2.24. The van der Waals surface area contributed by atoms with Crippen molar-refractivity contribution in [1.29, 1.82) is 0 Å². The maximum Gasteiger partial charge on any atom is 0.338 e. The number of carboxylic acid groups (broad SMARTS) is 1. The molecular weight excluding hydrogens is 244 g/mol. The average Bonchev–Trinajstić information content (AvgIpc) is 2.78.